The number of hydrogen-bond donors (Lipinski definition) is 4. The number of nitrogens with one attached hydrogen (secondary N) is 2. The van der Waals surface area contributed by atoms with Crippen LogP contribution < -0.4 is 20.3 Å². The molecular formula is C52H79N5O7Si. The predicted octanol–water partition coefficient (Wildman–Crippen LogP) is 7.38. The molecule has 0 spiro atoms. The summed E-state index contributed by atoms with van der Waals surface area (Å²) in [7, 11) is 5.68. The van der Waals surface area contributed by atoms with Crippen LogP contribution in [0.3, 0.4) is 0 Å². The number of aliphatic hydroxyl groups is 2. The Hall–Kier alpha value is -3.82. The Morgan fingerprint density at radius 3 is 2.34 bits per heavy atom. The second-order valence-electron chi connectivity index (χ2n) is 21.7. The fourth-order valence-electron chi connectivity index (χ4n) is 10.5. The second-order valence-corrected chi connectivity index (χ2v) is 26.5. The van der Waals surface area contributed by atoms with Crippen LogP contribution in [0.2, 0.25) is 18.1 Å². The van der Waals surface area contributed by atoms with Crippen molar-refractivity contribution in [1.82, 2.24) is 20.6 Å². The number of carbonyl (C=O) groups is 2. The summed E-state index contributed by atoms with van der Waals surface area (Å²) in [5, 5.41) is 30.0. The molecule has 4 fully saturated rings. The minimum Gasteiger partial charge on any atom is -0.496 e. The Morgan fingerprint density at radius 2 is 1.74 bits per heavy atom. The first kappa shape index (κ1) is 50.6. The molecule has 4 aliphatic rings. The minimum absolute atomic E-state index is 0.0220. The van der Waals surface area contributed by atoms with E-state index in [1.807, 2.05) is 69.7 Å². The van der Waals surface area contributed by atoms with E-state index in [0.29, 0.717) is 55.2 Å². The third kappa shape index (κ3) is 11.3. The lowest BCUT2D eigenvalue weighted by Crippen LogP contribution is -2.62. The van der Waals surface area contributed by atoms with E-state index in [2.05, 4.69) is 93.3 Å². The highest BCUT2D eigenvalue weighted by Gasteiger charge is 2.57. The van der Waals surface area contributed by atoms with Crippen molar-refractivity contribution < 1.29 is 33.8 Å². The van der Waals surface area contributed by atoms with E-state index >= 15 is 0 Å². The molecule has 2 bridgehead atoms. The molecule has 9 atom stereocenters. The van der Waals surface area contributed by atoms with Crippen LogP contribution >= 0.6 is 0 Å². The van der Waals surface area contributed by atoms with Gasteiger partial charge in [-0.15, -0.1) is 0 Å². The maximum absolute atomic E-state index is 14.5. The number of aliphatic hydroxyl groups excluding tert-OH is 2. The minimum atomic E-state index is -1.99. The SMILES string of the molecule is COc1c(CN2O[C@@H](CO)[C@@H]([C@H](C)O)[C@H]2C(=O)N[C@H]2C[C@@H]3C[C@H]([C@@H]2C)C3(C)C)cccc1-c1cc(C(=O)N[C@@H](Cc2ccccc2)CN(C)C)cc(N(C)CCO[Si](C)(C)C(C)(C)C)c1. The van der Waals surface area contributed by atoms with Gasteiger partial charge in [0, 0.05) is 60.5 Å². The molecule has 3 aromatic rings. The number of amides is 2. The number of hydroxylamine groups is 2. The lowest BCUT2D eigenvalue weighted by atomic mass is 9.45. The molecule has 0 unspecified atom stereocenters. The zero-order chi connectivity index (χ0) is 47.6. The van der Waals surface area contributed by atoms with Crippen LogP contribution in [0, 0.1) is 29.1 Å². The summed E-state index contributed by atoms with van der Waals surface area (Å²) in [4.78, 5) is 39.5. The van der Waals surface area contributed by atoms with E-state index in [-0.39, 0.29) is 47.5 Å². The first-order valence-electron chi connectivity index (χ1n) is 23.7. The third-order valence-electron chi connectivity index (χ3n) is 15.6. The van der Waals surface area contributed by atoms with E-state index in [1.165, 1.54) is 6.42 Å². The molecule has 0 radical (unpaired) electrons. The van der Waals surface area contributed by atoms with Crippen LogP contribution in [0.25, 0.3) is 11.1 Å². The number of para-hydroxylation sites is 1. The predicted molar refractivity (Wildman–Crippen MR) is 262 cm³/mol. The van der Waals surface area contributed by atoms with Gasteiger partial charge < -0.3 is 39.8 Å². The van der Waals surface area contributed by atoms with Crippen LogP contribution in [0.15, 0.2) is 66.7 Å². The Balaban J connectivity index is 1.33. The van der Waals surface area contributed by atoms with Gasteiger partial charge in [-0.2, -0.15) is 5.06 Å². The summed E-state index contributed by atoms with van der Waals surface area (Å²) in [6.45, 7) is 21.4. The Labute approximate surface area is 390 Å². The number of methoxy groups -OCH3 is 1. The first-order chi connectivity index (χ1) is 30.6. The molecule has 358 valence electrons. The van der Waals surface area contributed by atoms with Crippen molar-refractivity contribution >= 4 is 25.8 Å². The number of nitrogens with zero attached hydrogens (tertiary/aromatic N) is 3. The normalized spacial score (nSPS) is 25.1. The highest BCUT2D eigenvalue weighted by molar-refractivity contribution is 6.74. The van der Waals surface area contributed by atoms with Gasteiger partial charge >= 0.3 is 0 Å². The van der Waals surface area contributed by atoms with Crippen LogP contribution in [0.4, 0.5) is 5.69 Å². The number of benzene rings is 3. The van der Waals surface area contributed by atoms with Gasteiger partial charge in [0.25, 0.3) is 5.91 Å². The van der Waals surface area contributed by atoms with E-state index < -0.39 is 32.5 Å². The molecule has 13 heteroatoms. The smallest absolute Gasteiger partial charge is 0.251 e. The lowest BCUT2D eigenvalue weighted by molar-refractivity contribution is -0.183. The number of rotatable bonds is 19. The van der Waals surface area contributed by atoms with Crippen LogP contribution in [-0.2, 0) is 27.0 Å². The average molecular weight is 914 g/mol. The van der Waals surface area contributed by atoms with Crippen molar-refractivity contribution in [2.75, 3.05) is 59.5 Å². The van der Waals surface area contributed by atoms with Crippen molar-refractivity contribution in [1.29, 1.82) is 0 Å². The number of carbonyl (C=O) groups excluding carboxylic acids is 2. The molecule has 2 amide bonds. The summed E-state index contributed by atoms with van der Waals surface area (Å²) in [5.74, 6) is 0.947. The Kier molecular flexibility index (Phi) is 16.0. The summed E-state index contributed by atoms with van der Waals surface area (Å²) in [6, 6.07) is 21.1. The van der Waals surface area contributed by atoms with Gasteiger partial charge in [0.15, 0.2) is 8.32 Å². The molecule has 1 aliphatic heterocycles. The molecule has 3 saturated carbocycles. The standard InChI is InChI=1S/C52H79N5O7Si/c1-33-43-28-39(52(43,6)7)29-44(33)54-50(61)47-46(34(2)59)45(32-58)64-57(47)30-36-20-17-21-42(48(36)62-11)37-25-38(27-41(26-37)56(10)22-23-63-65(12,13)51(3,4)5)49(60)53-40(31-55(8)9)24-35-18-15-14-16-19-35/h14-21,25-27,33-34,39-40,43-47,58-59H,22-24,28-32H2,1-13H3,(H,53,60)(H,54,61)/t33-,34-,39-,40-,43+,44-,45-,46+,47-/m0/s1. The number of fused-ring (bicyclic) bond motifs is 2. The van der Waals surface area contributed by atoms with Crippen molar-refractivity contribution in [3.8, 4) is 16.9 Å². The van der Waals surface area contributed by atoms with Gasteiger partial charge in [0.05, 0.1) is 33.0 Å². The summed E-state index contributed by atoms with van der Waals surface area (Å²) >= 11 is 0. The number of anilines is 1. The van der Waals surface area contributed by atoms with Gasteiger partial charge in [-0.25, -0.2) is 0 Å². The van der Waals surface area contributed by atoms with Crippen LogP contribution in [0.5, 0.6) is 5.75 Å². The molecular weight excluding hydrogens is 835 g/mol. The van der Waals surface area contributed by atoms with Crippen LogP contribution in [0.1, 0.15) is 82.8 Å². The molecule has 1 heterocycles. The van der Waals surface area contributed by atoms with Gasteiger partial charge in [-0.1, -0.05) is 90.1 Å². The van der Waals surface area contributed by atoms with Gasteiger partial charge in [-0.05, 0) is 111 Å². The van der Waals surface area contributed by atoms with E-state index in [9.17, 15) is 19.8 Å². The summed E-state index contributed by atoms with van der Waals surface area (Å²) < 4.78 is 12.8. The highest BCUT2D eigenvalue weighted by atomic mass is 28.4. The highest BCUT2D eigenvalue weighted by Crippen LogP contribution is 2.61. The summed E-state index contributed by atoms with van der Waals surface area (Å²) in [6.07, 6.45) is 1.10. The fourth-order valence-corrected chi connectivity index (χ4v) is 11.5. The van der Waals surface area contributed by atoms with Crippen LogP contribution in [-0.4, -0.2) is 125 Å². The van der Waals surface area contributed by atoms with E-state index in [4.69, 9.17) is 14.0 Å². The fraction of sp³-hybridized carbons (Fsp3) is 0.615. The molecule has 12 nitrogen and oxygen atoms in total. The van der Waals surface area contributed by atoms with Crippen molar-refractivity contribution in [3.63, 3.8) is 0 Å². The van der Waals surface area contributed by atoms with Gasteiger partial charge in [0.2, 0.25) is 5.91 Å². The Bertz CT molecular complexity index is 2090. The first-order valence-corrected chi connectivity index (χ1v) is 26.7. The Morgan fingerprint density at radius 1 is 1.03 bits per heavy atom. The van der Waals surface area contributed by atoms with Crippen molar-refractivity contribution in [2.45, 2.75) is 123 Å². The molecule has 65 heavy (non-hydrogen) atoms. The molecule has 1 saturated heterocycles. The second kappa shape index (κ2) is 20.6. The number of likely N-dealkylation sites (N-methyl/N-ethyl adjacent to an activating group) is 2. The van der Waals surface area contributed by atoms with Gasteiger partial charge in [-0.3, -0.25) is 14.4 Å². The number of ether oxygens (including phenoxy) is 1. The monoisotopic (exact) mass is 914 g/mol. The molecule has 0 aromatic heterocycles. The third-order valence-corrected chi connectivity index (χ3v) is 20.1. The molecule has 3 aromatic carbocycles. The molecule has 4 N–H and O–H groups in total. The maximum atomic E-state index is 14.5. The zero-order valence-electron chi connectivity index (χ0n) is 41.5. The zero-order valence-corrected chi connectivity index (χ0v) is 42.5. The lowest BCUT2D eigenvalue weighted by Gasteiger charge is -2.62. The maximum Gasteiger partial charge on any atom is 0.251 e. The van der Waals surface area contributed by atoms with Crippen molar-refractivity contribution in [2.24, 2.45) is 29.1 Å². The molecule has 3 aliphatic carbocycles. The number of hydrogen-bond acceptors (Lipinski definition) is 10. The van der Waals surface area contributed by atoms with Gasteiger partial charge in [0.1, 0.15) is 17.9 Å². The topological polar surface area (TPSA) is 136 Å². The van der Waals surface area contributed by atoms with E-state index in [1.54, 1.807) is 19.1 Å². The quantitative estimate of drug-likeness (QED) is 0.0903. The average Bonchev–Trinajstić information content (AvgIpc) is 3.62. The van der Waals surface area contributed by atoms with Crippen molar-refractivity contribution in [3.05, 3.63) is 83.4 Å². The largest absolute Gasteiger partial charge is 0.496 e. The van der Waals surface area contributed by atoms with E-state index in [0.717, 1.165) is 34.4 Å². The summed E-state index contributed by atoms with van der Waals surface area (Å²) in [5.41, 5.74) is 5.09. The molecule has 7 rings (SSSR count).